The predicted molar refractivity (Wildman–Crippen MR) is 71.0 cm³/mol. The lowest BCUT2D eigenvalue weighted by atomic mass is 10.0. The molecule has 0 bridgehead atoms. The maximum atomic E-state index is 4.36. The lowest BCUT2D eigenvalue weighted by Gasteiger charge is -2.23. The summed E-state index contributed by atoms with van der Waals surface area (Å²) in [5.74, 6) is 0.809. The van der Waals surface area contributed by atoms with Gasteiger partial charge < -0.3 is 10.2 Å². The van der Waals surface area contributed by atoms with E-state index in [1.807, 2.05) is 12.3 Å². The van der Waals surface area contributed by atoms with Crippen molar-refractivity contribution in [2.75, 3.05) is 26.7 Å². The number of nitrogens with one attached hydrogen (secondary N) is 1. The van der Waals surface area contributed by atoms with Crippen molar-refractivity contribution in [3.8, 4) is 0 Å². The van der Waals surface area contributed by atoms with Gasteiger partial charge in [-0.25, -0.2) is 0 Å². The first-order chi connectivity index (χ1) is 8.25. The van der Waals surface area contributed by atoms with Crippen molar-refractivity contribution in [1.82, 2.24) is 15.2 Å². The van der Waals surface area contributed by atoms with Crippen LogP contribution in [0.25, 0.3) is 0 Å². The van der Waals surface area contributed by atoms with Crippen LogP contribution in [0.1, 0.15) is 19.0 Å². The van der Waals surface area contributed by atoms with E-state index in [1.54, 1.807) is 0 Å². The molecule has 94 valence electrons. The summed E-state index contributed by atoms with van der Waals surface area (Å²) in [4.78, 5) is 6.79. The van der Waals surface area contributed by atoms with E-state index in [2.05, 4.69) is 41.3 Å². The Balaban J connectivity index is 1.72. The zero-order valence-corrected chi connectivity index (χ0v) is 10.9. The van der Waals surface area contributed by atoms with Crippen molar-refractivity contribution in [1.29, 1.82) is 0 Å². The first-order valence-electron chi connectivity index (χ1n) is 6.57. The molecule has 17 heavy (non-hydrogen) atoms. The largest absolute Gasteiger partial charge is 0.314 e. The fourth-order valence-electron chi connectivity index (χ4n) is 2.51. The topological polar surface area (TPSA) is 28.2 Å². The van der Waals surface area contributed by atoms with Crippen molar-refractivity contribution >= 4 is 0 Å². The summed E-state index contributed by atoms with van der Waals surface area (Å²) >= 11 is 0. The third kappa shape index (κ3) is 3.79. The molecule has 3 nitrogen and oxygen atoms in total. The van der Waals surface area contributed by atoms with Crippen LogP contribution < -0.4 is 5.32 Å². The second-order valence-corrected chi connectivity index (χ2v) is 5.12. The van der Waals surface area contributed by atoms with E-state index < -0.39 is 0 Å². The second-order valence-electron chi connectivity index (χ2n) is 5.12. The minimum Gasteiger partial charge on any atom is -0.314 e. The molecule has 2 atom stereocenters. The Labute approximate surface area is 104 Å². The van der Waals surface area contributed by atoms with Gasteiger partial charge in [-0.15, -0.1) is 0 Å². The van der Waals surface area contributed by atoms with E-state index >= 15 is 0 Å². The minimum absolute atomic E-state index is 0.673. The number of nitrogens with zero attached hydrogens (tertiary/aromatic N) is 2. The molecule has 1 aromatic heterocycles. The summed E-state index contributed by atoms with van der Waals surface area (Å²) in [6.07, 6.45) is 4.24. The van der Waals surface area contributed by atoms with Crippen LogP contribution >= 0.6 is 0 Å². The average Bonchev–Trinajstić information content (AvgIpc) is 2.74. The van der Waals surface area contributed by atoms with E-state index in [9.17, 15) is 0 Å². The molecule has 0 aromatic carbocycles. The quantitative estimate of drug-likeness (QED) is 0.836. The summed E-state index contributed by atoms with van der Waals surface area (Å²) in [5.41, 5.74) is 1.19. The fourth-order valence-corrected chi connectivity index (χ4v) is 2.51. The van der Waals surface area contributed by atoms with E-state index in [-0.39, 0.29) is 0 Å². The van der Waals surface area contributed by atoms with Crippen molar-refractivity contribution in [2.45, 2.75) is 25.8 Å². The Morgan fingerprint density at radius 1 is 1.47 bits per heavy atom. The Morgan fingerprint density at radius 2 is 2.35 bits per heavy atom. The number of hydrogen-bond donors (Lipinski definition) is 1. The van der Waals surface area contributed by atoms with Crippen LogP contribution in [0.4, 0.5) is 0 Å². The number of rotatable bonds is 5. The van der Waals surface area contributed by atoms with Gasteiger partial charge >= 0.3 is 0 Å². The number of hydrogen-bond acceptors (Lipinski definition) is 3. The number of aromatic nitrogens is 1. The van der Waals surface area contributed by atoms with Gasteiger partial charge in [0.25, 0.3) is 0 Å². The Hall–Kier alpha value is -0.930. The van der Waals surface area contributed by atoms with Crippen LogP contribution in [-0.4, -0.2) is 42.6 Å². The highest BCUT2D eigenvalue weighted by Gasteiger charge is 2.23. The van der Waals surface area contributed by atoms with Gasteiger partial charge in [0.15, 0.2) is 0 Å². The molecule has 1 aromatic rings. The van der Waals surface area contributed by atoms with Gasteiger partial charge in [0, 0.05) is 37.4 Å². The van der Waals surface area contributed by atoms with Gasteiger partial charge in [-0.05, 0) is 45.0 Å². The van der Waals surface area contributed by atoms with Gasteiger partial charge in [-0.2, -0.15) is 0 Å². The van der Waals surface area contributed by atoms with Gasteiger partial charge in [0.1, 0.15) is 0 Å². The van der Waals surface area contributed by atoms with E-state index in [4.69, 9.17) is 0 Å². The van der Waals surface area contributed by atoms with Crippen LogP contribution in [0.5, 0.6) is 0 Å². The van der Waals surface area contributed by atoms with Crippen LogP contribution in [0, 0.1) is 5.92 Å². The van der Waals surface area contributed by atoms with E-state index in [1.165, 1.54) is 25.2 Å². The summed E-state index contributed by atoms with van der Waals surface area (Å²) in [5, 5.41) is 3.51. The Bertz CT molecular complexity index is 325. The molecule has 1 aliphatic rings. The molecule has 1 aliphatic heterocycles. The van der Waals surface area contributed by atoms with Crippen LogP contribution in [0.2, 0.25) is 0 Å². The van der Waals surface area contributed by atoms with Gasteiger partial charge in [-0.3, -0.25) is 4.98 Å². The Kier molecular flexibility index (Phi) is 4.51. The highest BCUT2D eigenvalue weighted by molar-refractivity contribution is 5.03. The summed E-state index contributed by atoms with van der Waals surface area (Å²) < 4.78 is 0. The van der Waals surface area contributed by atoms with Crippen molar-refractivity contribution in [3.05, 3.63) is 30.1 Å². The van der Waals surface area contributed by atoms with E-state index in [0.29, 0.717) is 6.04 Å². The maximum Gasteiger partial charge on any atom is 0.0416 e. The highest BCUT2D eigenvalue weighted by atomic mass is 15.1. The lowest BCUT2D eigenvalue weighted by molar-refractivity contribution is 0.268. The molecule has 2 rings (SSSR count). The van der Waals surface area contributed by atoms with Crippen molar-refractivity contribution < 1.29 is 0 Å². The highest BCUT2D eigenvalue weighted by Crippen LogP contribution is 2.15. The van der Waals surface area contributed by atoms with Crippen molar-refractivity contribution in [2.24, 2.45) is 5.92 Å². The zero-order chi connectivity index (χ0) is 12.1. The normalized spacial score (nSPS) is 24.4. The van der Waals surface area contributed by atoms with Gasteiger partial charge in [0.05, 0.1) is 0 Å². The standard InChI is InChI=1S/C14H23N3/c1-12-13(6-9-15-12)11-17(2)10-7-14-5-3-4-8-16-14/h3-5,8,12-13,15H,6-7,9-11H2,1-2H3. The first-order valence-corrected chi connectivity index (χ1v) is 6.57. The Morgan fingerprint density at radius 3 is 3.00 bits per heavy atom. The summed E-state index contributed by atoms with van der Waals surface area (Å²) in [6.45, 7) is 5.77. The molecular formula is C14H23N3. The van der Waals surface area contributed by atoms with E-state index in [0.717, 1.165) is 18.9 Å². The summed E-state index contributed by atoms with van der Waals surface area (Å²) in [7, 11) is 2.22. The second kappa shape index (κ2) is 6.12. The average molecular weight is 233 g/mol. The third-order valence-electron chi connectivity index (χ3n) is 3.71. The van der Waals surface area contributed by atoms with Crippen LogP contribution in [0.3, 0.4) is 0 Å². The third-order valence-corrected chi connectivity index (χ3v) is 3.71. The lowest BCUT2D eigenvalue weighted by Crippen LogP contribution is -2.33. The van der Waals surface area contributed by atoms with Gasteiger partial charge in [-0.1, -0.05) is 6.07 Å². The molecule has 1 fully saturated rings. The molecular weight excluding hydrogens is 210 g/mol. The molecule has 2 unspecified atom stereocenters. The fraction of sp³-hybridized carbons (Fsp3) is 0.643. The SMILES string of the molecule is CC1NCCC1CN(C)CCc1ccccn1. The van der Waals surface area contributed by atoms with Crippen molar-refractivity contribution in [3.63, 3.8) is 0 Å². The first kappa shape index (κ1) is 12.5. The molecule has 1 N–H and O–H groups in total. The number of pyridine rings is 1. The molecule has 1 saturated heterocycles. The number of likely N-dealkylation sites (N-methyl/N-ethyl adjacent to an activating group) is 1. The van der Waals surface area contributed by atoms with Gasteiger partial charge in [0.2, 0.25) is 0 Å². The minimum atomic E-state index is 0.673. The van der Waals surface area contributed by atoms with Crippen LogP contribution in [-0.2, 0) is 6.42 Å². The molecule has 2 heterocycles. The summed E-state index contributed by atoms with van der Waals surface area (Å²) in [6, 6.07) is 6.81. The van der Waals surface area contributed by atoms with Crippen LogP contribution in [0.15, 0.2) is 24.4 Å². The molecule has 0 saturated carbocycles. The molecule has 0 aliphatic carbocycles. The monoisotopic (exact) mass is 233 g/mol. The maximum absolute atomic E-state index is 4.36. The predicted octanol–water partition coefficient (Wildman–Crippen LogP) is 1.55. The molecule has 0 radical (unpaired) electrons. The molecule has 3 heteroatoms. The molecule has 0 spiro atoms. The zero-order valence-electron chi connectivity index (χ0n) is 10.9. The molecule has 0 amide bonds. The smallest absolute Gasteiger partial charge is 0.0416 e.